The van der Waals surface area contributed by atoms with Crippen LogP contribution in [0.5, 0.6) is 0 Å². The first-order valence-electron chi connectivity index (χ1n) is 2.54. The van der Waals surface area contributed by atoms with E-state index < -0.39 is 0 Å². The van der Waals surface area contributed by atoms with Crippen molar-refractivity contribution in [2.75, 3.05) is 15.5 Å². The first-order valence-corrected chi connectivity index (χ1v) is 5.60. The Bertz CT molecular complexity index is 49.7. The molecule has 0 aliphatic rings. The van der Waals surface area contributed by atoms with Crippen LogP contribution in [0.3, 0.4) is 0 Å². The van der Waals surface area contributed by atoms with Gasteiger partial charge in [0.2, 0.25) is 0 Å². The molecule has 3 heteroatoms. The molecule has 0 N–H and O–H groups in total. The van der Waals surface area contributed by atoms with Gasteiger partial charge < -0.3 is 4.74 Å². The monoisotopic (exact) mass is 340 g/mol. The highest BCUT2D eigenvalue weighted by Crippen LogP contribution is 1.96. The summed E-state index contributed by atoms with van der Waals surface area (Å²) >= 11 is 4.64. The minimum Gasteiger partial charge on any atom is -0.377 e. The number of hydrogen-bond acceptors (Lipinski definition) is 1. The van der Waals surface area contributed by atoms with Gasteiger partial charge in [-0.1, -0.05) is 45.2 Å². The van der Waals surface area contributed by atoms with E-state index >= 15 is 0 Å². The van der Waals surface area contributed by atoms with Crippen LogP contribution in [0.25, 0.3) is 0 Å². The van der Waals surface area contributed by atoms with Crippen LogP contribution < -0.4 is 0 Å². The van der Waals surface area contributed by atoms with E-state index in [0.29, 0.717) is 6.10 Å². The number of halogens is 2. The molecule has 0 heterocycles. The van der Waals surface area contributed by atoms with Crippen molar-refractivity contribution in [3.05, 3.63) is 0 Å². The predicted molar refractivity (Wildman–Crippen MR) is 53.2 cm³/mol. The third-order valence-corrected chi connectivity index (χ3v) is 2.38. The number of hydrogen-bond donors (Lipinski definition) is 0. The zero-order chi connectivity index (χ0) is 6.41. The van der Waals surface area contributed by atoms with E-state index in [1.165, 1.54) is 0 Å². The molecule has 0 aromatic rings. The second kappa shape index (κ2) is 6.54. The van der Waals surface area contributed by atoms with E-state index in [-0.39, 0.29) is 0 Å². The molecule has 0 aromatic carbocycles. The van der Waals surface area contributed by atoms with Crippen molar-refractivity contribution in [3.63, 3.8) is 0 Å². The number of ether oxygens (including phenoxy) is 1. The highest BCUT2D eigenvalue weighted by Gasteiger charge is 1.95. The smallest absolute Gasteiger partial charge is 0.0636 e. The SMILES string of the molecule is CC(CI)OCCI. The van der Waals surface area contributed by atoms with Gasteiger partial charge in [-0.2, -0.15) is 0 Å². The van der Waals surface area contributed by atoms with Gasteiger partial charge in [0.1, 0.15) is 0 Å². The standard InChI is InChI=1S/C5H10I2O/c1-5(4-7)8-3-2-6/h5H,2-4H2,1H3. The summed E-state index contributed by atoms with van der Waals surface area (Å²) in [5.74, 6) is 0. The summed E-state index contributed by atoms with van der Waals surface area (Å²) in [6, 6.07) is 0. The first kappa shape index (κ1) is 9.42. The van der Waals surface area contributed by atoms with Gasteiger partial charge in [0.05, 0.1) is 12.7 Å². The van der Waals surface area contributed by atoms with Gasteiger partial charge in [0.15, 0.2) is 0 Å². The van der Waals surface area contributed by atoms with Gasteiger partial charge in [-0.15, -0.1) is 0 Å². The maximum Gasteiger partial charge on any atom is 0.0636 e. The Morgan fingerprint density at radius 1 is 1.50 bits per heavy atom. The zero-order valence-electron chi connectivity index (χ0n) is 4.86. The first-order chi connectivity index (χ1) is 3.81. The van der Waals surface area contributed by atoms with Gasteiger partial charge in [-0.3, -0.25) is 0 Å². The molecule has 0 bridgehead atoms. The minimum absolute atomic E-state index is 0.436. The molecule has 0 saturated heterocycles. The lowest BCUT2D eigenvalue weighted by atomic mass is 10.5. The lowest BCUT2D eigenvalue weighted by Gasteiger charge is -2.06. The van der Waals surface area contributed by atoms with E-state index in [4.69, 9.17) is 4.74 Å². The van der Waals surface area contributed by atoms with Crippen LogP contribution >= 0.6 is 45.2 Å². The summed E-state index contributed by atoms with van der Waals surface area (Å²) in [6.07, 6.45) is 0.436. The van der Waals surface area contributed by atoms with Crippen LogP contribution in [0, 0.1) is 0 Å². The summed E-state index contributed by atoms with van der Waals surface area (Å²) in [5, 5.41) is 0. The van der Waals surface area contributed by atoms with Crippen LogP contribution in [0.2, 0.25) is 0 Å². The molecule has 0 rings (SSSR count). The third kappa shape index (κ3) is 5.55. The van der Waals surface area contributed by atoms with Gasteiger partial charge in [-0.25, -0.2) is 0 Å². The average molecular weight is 340 g/mol. The molecular formula is C5H10I2O. The second-order valence-electron chi connectivity index (χ2n) is 1.52. The summed E-state index contributed by atoms with van der Waals surface area (Å²) < 4.78 is 7.51. The van der Waals surface area contributed by atoms with Crippen molar-refractivity contribution in [2.45, 2.75) is 13.0 Å². The number of rotatable bonds is 4. The van der Waals surface area contributed by atoms with E-state index in [0.717, 1.165) is 15.5 Å². The maximum absolute atomic E-state index is 5.33. The fourth-order valence-electron chi connectivity index (χ4n) is 0.290. The summed E-state index contributed by atoms with van der Waals surface area (Å²) in [5.41, 5.74) is 0. The molecule has 0 aliphatic carbocycles. The minimum atomic E-state index is 0.436. The van der Waals surface area contributed by atoms with Crippen LogP contribution in [0.1, 0.15) is 6.92 Å². The molecule has 0 radical (unpaired) electrons. The van der Waals surface area contributed by atoms with Gasteiger partial charge in [0, 0.05) is 8.86 Å². The fraction of sp³-hybridized carbons (Fsp3) is 1.00. The predicted octanol–water partition coefficient (Wildman–Crippen LogP) is 2.26. The summed E-state index contributed by atoms with van der Waals surface area (Å²) in [7, 11) is 0. The summed E-state index contributed by atoms with van der Waals surface area (Å²) in [6.45, 7) is 2.99. The lowest BCUT2D eigenvalue weighted by molar-refractivity contribution is 0.0986. The van der Waals surface area contributed by atoms with Crippen LogP contribution in [0.15, 0.2) is 0 Å². The van der Waals surface area contributed by atoms with Crippen molar-refractivity contribution in [1.82, 2.24) is 0 Å². The van der Waals surface area contributed by atoms with Crippen LogP contribution in [-0.2, 0) is 4.74 Å². The normalized spacial score (nSPS) is 13.9. The van der Waals surface area contributed by atoms with Crippen molar-refractivity contribution in [3.8, 4) is 0 Å². The zero-order valence-corrected chi connectivity index (χ0v) is 9.18. The Hall–Kier alpha value is 1.42. The average Bonchev–Trinajstić information content (AvgIpc) is 1.83. The van der Waals surface area contributed by atoms with Crippen molar-refractivity contribution in [1.29, 1.82) is 0 Å². The summed E-state index contributed by atoms with van der Waals surface area (Å²) in [4.78, 5) is 0. The molecule has 1 atom stereocenters. The molecule has 0 spiro atoms. The Morgan fingerprint density at radius 3 is 2.50 bits per heavy atom. The third-order valence-electron chi connectivity index (χ3n) is 0.697. The molecule has 0 amide bonds. The molecule has 1 nitrogen and oxygen atoms in total. The molecule has 0 saturated carbocycles. The van der Waals surface area contributed by atoms with Crippen molar-refractivity contribution in [2.24, 2.45) is 0 Å². The highest BCUT2D eigenvalue weighted by molar-refractivity contribution is 14.1. The Balaban J connectivity index is 2.86. The molecule has 1 unspecified atom stereocenters. The molecule has 50 valence electrons. The molecule has 8 heavy (non-hydrogen) atoms. The Kier molecular flexibility index (Phi) is 7.70. The highest BCUT2D eigenvalue weighted by atomic mass is 127. The topological polar surface area (TPSA) is 9.23 Å². The van der Waals surface area contributed by atoms with Crippen LogP contribution in [0.4, 0.5) is 0 Å². The quantitative estimate of drug-likeness (QED) is 0.564. The Labute approximate surface area is 77.8 Å². The van der Waals surface area contributed by atoms with Gasteiger partial charge in [0.25, 0.3) is 0 Å². The van der Waals surface area contributed by atoms with Crippen LogP contribution in [-0.4, -0.2) is 21.6 Å². The molecule has 0 aromatic heterocycles. The maximum atomic E-state index is 5.33. The van der Waals surface area contributed by atoms with E-state index in [1.54, 1.807) is 0 Å². The number of alkyl halides is 2. The molecular weight excluding hydrogens is 330 g/mol. The molecule has 0 fully saturated rings. The second-order valence-corrected chi connectivity index (χ2v) is 3.48. The van der Waals surface area contributed by atoms with Gasteiger partial charge >= 0.3 is 0 Å². The van der Waals surface area contributed by atoms with E-state index in [1.807, 2.05) is 0 Å². The Morgan fingerprint density at radius 2 is 2.12 bits per heavy atom. The van der Waals surface area contributed by atoms with Gasteiger partial charge in [-0.05, 0) is 6.92 Å². The van der Waals surface area contributed by atoms with E-state index in [9.17, 15) is 0 Å². The van der Waals surface area contributed by atoms with Crippen molar-refractivity contribution < 1.29 is 4.74 Å². The molecule has 0 aliphatic heterocycles. The lowest BCUT2D eigenvalue weighted by Crippen LogP contribution is -2.10. The van der Waals surface area contributed by atoms with Crippen molar-refractivity contribution >= 4 is 45.2 Å². The van der Waals surface area contributed by atoms with E-state index in [2.05, 4.69) is 52.1 Å². The largest absolute Gasteiger partial charge is 0.377 e. The fourth-order valence-corrected chi connectivity index (χ4v) is 0.799.